The van der Waals surface area contributed by atoms with Crippen LogP contribution < -0.4 is 0 Å². The van der Waals surface area contributed by atoms with Crippen LogP contribution in [0.2, 0.25) is 0 Å². The number of hydrogen-bond acceptors (Lipinski definition) is 2. The number of aliphatic imine (C=N–C) groups is 1. The van der Waals surface area contributed by atoms with E-state index in [9.17, 15) is 5.11 Å². The molecular formula is C17H16N2O. The molecule has 1 heterocycles. The molecule has 1 aromatic heterocycles. The number of benzene rings is 2. The standard InChI is InChI=1S/C17H16N2O/c1-11-3-6-13(7-4-11)18-10-15-14-9-12(2)5-8-16(14)19-17(15)20/h3-10,19-20H,1-2H3. The molecule has 0 unspecified atom stereocenters. The fraction of sp³-hybridized carbons (Fsp3) is 0.118. The second-order valence-corrected chi connectivity index (χ2v) is 5.03. The monoisotopic (exact) mass is 264 g/mol. The number of nitrogens with one attached hydrogen (secondary N) is 1. The molecule has 0 amide bonds. The molecule has 3 heteroatoms. The van der Waals surface area contributed by atoms with Gasteiger partial charge >= 0.3 is 0 Å². The van der Waals surface area contributed by atoms with E-state index in [0.29, 0.717) is 0 Å². The van der Waals surface area contributed by atoms with Crippen molar-refractivity contribution in [3.63, 3.8) is 0 Å². The van der Waals surface area contributed by atoms with E-state index in [1.807, 2.05) is 56.3 Å². The Hall–Kier alpha value is -2.55. The molecule has 20 heavy (non-hydrogen) atoms. The lowest BCUT2D eigenvalue weighted by atomic mass is 10.1. The molecule has 3 aromatic rings. The van der Waals surface area contributed by atoms with E-state index in [4.69, 9.17) is 0 Å². The maximum absolute atomic E-state index is 10.0. The Kier molecular flexibility index (Phi) is 3.03. The molecule has 0 spiro atoms. The van der Waals surface area contributed by atoms with Crippen molar-refractivity contribution < 1.29 is 5.11 Å². The number of rotatable bonds is 2. The van der Waals surface area contributed by atoms with Crippen LogP contribution in [0.1, 0.15) is 16.7 Å². The van der Waals surface area contributed by atoms with Crippen LogP contribution in [-0.4, -0.2) is 16.3 Å². The molecule has 0 aliphatic heterocycles. The van der Waals surface area contributed by atoms with E-state index in [1.54, 1.807) is 6.21 Å². The zero-order valence-electron chi connectivity index (χ0n) is 11.5. The van der Waals surface area contributed by atoms with Crippen molar-refractivity contribution in [3.8, 4) is 5.88 Å². The zero-order valence-corrected chi connectivity index (χ0v) is 11.5. The average molecular weight is 264 g/mol. The molecule has 2 aromatic carbocycles. The minimum atomic E-state index is 0.154. The first-order valence-electron chi connectivity index (χ1n) is 6.55. The summed E-state index contributed by atoms with van der Waals surface area (Å²) in [6.45, 7) is 4.08. The topological polar surface area (TPSA) is 48.4 Å². The molecule has 0 saturated heterocycles. The number of aromatic nitrogens is 1. The summed E-state index contributed by atoms with van der Waals surface area (Å²) in [5.74, 6) is 0.154. The predicted octanol–water partition coefficient (Wildman–Crippen LogP) is 4.24. The largest absolute Gasteiger partial charge is 0.494 e. The Morgan fingerprint density at radius 1 is 1.00 bits per heavy atom. The van der Waals surface area contributed by atoms with Crippen molar-refractivity contribution >= 4 is 22.8 Å². The molecule has 0 aliphatic carbocycles. The summed E-state index contributed by atoms with van der Waals surface area (Å²) in [5.41, 5.74) is 4.87. The third-order valence-corrected chi connectivity index (χ3v) is 3.35. The summed E-state index contributed by atoms with van der Waals surface area (Å²) < 4.78 is 0. The van der Waals surface area contributed by atoms with Gasteiger partial charge in [0.05, 0.1) is 11.3 Å². The molecule has 0 saturated carbocycles. The summed E-state index contributed by atoms with van der Waals surface area (Å²) >= 11 is 0. The maximum Gasteiger partial charge on any atom is 0.198 e. The van der Waals surface area contributed by atoms with Crippen molar-refractivity contribution in [1.29, 1.82) is 0 Å². The summed E-state index contributed by atoms with van der Waals surface area (Å²) in [6, 6.07) is 14.0. The third-order valence-electron chi connectivity index (χ3n) is 3.35. The van der Waals surface area contributed by atoms with Gasteiger partial charge in [-0.3, -0.25) is 4.99 Å². The minimum Gasteiger partial charge on any atom is -0.494 e. The van der Waals surface area contributed by atoms with Gasteiger partial charge in [0.1, 0.15) is 0 Å². The van der Waals surface area contributed by atoms with Gasteiger partial charge in [0.15, 0.2) is 5.88 Å². The van der Waals surface area contributed by atoms with E-state index < -0.39 is 0 Å². The smallest absolute Gasteiger partial charge is 0.198 e. The first kappa shape index (κ1) is 12.5. The Labute approximate surface area is 117 Å². The highest BCUT2D eigenvalue weighted by Crippen LogP contribution is 2.27. The number of hydrogen-bond donors (Lipinski definition) is 2. The Morgan fingerprint density at radius 3 is 2.45 bits per heavy atom. The van der Waals surface area contributed by atoms with E-state index >= 15 is 0 Å². The van der Waals surface area contributed by atoms with E-state index in [0.717, 1.165) is 27.7 Å². The number of aromatic amines is 1. The van der Waals surface area contributed by atoms with Crippen LogP contribution in [0.15, 0.2) is 47.5 Å². The molecule has 100 valence electrons. The van der Waals surface area contributed by atoms with E-state index in [1.165, 1.54) is 5.56 Å². The van der Waals surface area contributed by atoms with Gasteiger partial charge in [0.2, 0.25) is 0 Å². The van der Waals surface area contributed by atoms with Crippen molar-refractivity contribution in [3.05, 3.63) is 59.2 Å². The van der Waals surface area contributed by atoms with Gasteiger partial charge in [-0.2, -0.15) is 0 Å². The van der Waals surface area contributed by atoms with Crippen molar-refractivity contribution in [2.24, 2.45) is 4.99 Å². The zero-order chi connectivity index (χ0) is 14.1. The van der Waals surface area contributed by atoms with E-state index in [-0.39, 0.29) is 5.88 Å². The lowest BCUT2D eigenvalue weighted by Gasteiger charge is -1.96. The maximum atomic E-state index is 10.0. The quantitative estimate of drug-likeness (QED) is 0.668. The SMILES string of the molecule is Cc1ccc(N=Cc2c(O)[nH]c3ccc(C)cc23)cc1. The fourth-order valence-electron chi connectivity index (χ4n) is 2.21. The third kappa shape index (κ3) is 2.30. The fourth-order valence-corrected chi connectivity index (χ4v) is 2.21. The van der Waals surface area contributed by atoms with Gasteiger partial charge in [-0.1, -0.05) is 29.3 Å². The summed E-state index contributed by atoms with van der Waals surface area (Å²) in [5, 5.41) is 11.0. The van der Waals surface area contributed by atoms with Crippen LogP contribution in [0.25, 0.3) is 10.9 Å². The lowest BCUT2D eigenvalue weighted by molar-refractivity contribution is 0.457. The number of aryl methyl sites for hydroxylation is 2. The van der Waals surface area contributed by atoms with Crippen LogP contribution in [0.4, 0.5) is 5.69 Å². The highest BCUT2D eigenvalue weighted by atomic mass is 16.3. The molecule has 0 aliphatic rings. The van der Waals surface area contributed by atoms with Crippen LogP contribution in [0.5, 0.6) is 5.88 Å². The summed E-state index contributed by atoms with van der Waals surface area (Å²) in [4.78, 5) is 7.39. The van der Waals surface area contributed by atoms with Gasteiger partial charge in [-0.05, 0) is 38.1 Å². The van der Waals surface area contributed by atoms with Gasteiger partial charge in [-0.25, -0.2) is 0 Å². The molecule has 0 fully saturated rings. The molecular weight excluding hydrogens is 248 g/mol. The van der Waals surface area contributed by atoms with Crippen molar-refractivity contribution in [2.75, 3.05) is 0 Å². The predicted molar refractivity (Wildman–Crippen MR) is 83.1 cm³/mol. The van der Waals surface area contributed by atoms with Crippen LogP contribution in [0, 0.1) is 13.8 Å². The molecule has 3 nitrogen and oxygen atoms in total. The van der Waals surface area contributed by atoms with Gasteiger partial charge < -0.3 is 10.1 Å². The molecule has 0 atom stereocenters. The van der Waals surface area contributed by atoms with Gasteiger partial charge in [0.25, 0.3) is 0 Å². The Bertz CT molecular complexity index is 783. The van der Waals surface area contributed by atoms with Crippen LogP contribution in [0.3, 0.4) is 0 Å². The Balaban J connectivity index is 2.03. The van der Waals surface area contributed by atoms with Crippen LogP contribution in [-0.2, 0) is 0 Å². The molecule has 0 bridgehead atoms. The van der Waals surface area contributed by atoms with Crippen molar-refractivity contribution in [1.82, 2.24) is 4.98 Å². The highest BCUT2D eigenvalue weighted by molar-refractivity contribution is 6.02. The summed E-state index contributed by atoms with van der Waals surface area (Å²) in [6.07, 6.45) is 1.71. The number of nitrogens with zero attached hydrogens (tertiary/aromatic N) is 1. The highest BCUT2D eigenvalue weighted by Gasteiger charge is 2.08. The minimum absolute atomic E-state index is 0.154. The normalized spacial score (nSPS) is 11.5. The van der Waals surface area contributed by atoms with Gasteiger partial charge in [0, 0.05) is 17.1 Å². The molecule has 2 N–H and O–H groups in total. The van der Waals surface area contributed by atoms with E-state index in [2.05, 4.69) is 9.98 Å². The first-order valence-corrected chi connectivity index (χ1v) is 6.55. The lowest BCUT2D eigenvalue weighted by Crippen LogP contribution is -1.80. The molecule has 3 rings (SSSR count). The van der Waals surface area contributed by atoms with Crippen LogP contribution >= 0.6 is 0 Å². The second-order valence-electron chi connectivity index (χ2n) is 5.03. The number of aromatic hydroxyl groups is 1. The average Bonchev–Trinajstić information content (AvgIpc) is 2.73. The number of H-pyrrole nitrogens is 1. The number of fused-ring (bicyclic) bond motifs is 1. The summed E-state index contributed by atoms with van der Waals surface area (Å²) in [7, 11) is 0. The molecule has 0 radical (unpaired) electrons. The first-order chi connectivity index (χ1) is 9.63. The second kappa shape index (κ2) is 4.85. The Morgan fingerprint density at radius 2 is 1.70 bits per heavy atom. The van der Waals surface area contributed by atoms with Crippen molar-refractivity contribution in [2.45, 2.75) is 13.8 Å². The van der Waals surface area contributed by atoms with Gasteiger partial charge in [-0.15, -0.1) is 0 Å².